The van der Waals surface area contributed by atoms with Crippen LogP contribution in [0, 0.1) is 0 Å². The number of allylic oxidation sites excluding steroid dienone is 9. The molecule has 0 rings (SSSR count). The van der Waals surface area contributed by atoms with Crippen LogP contribution in [0.25, 0.3) is 0 Å². The fourth-order valence-corrected chi connectivity index (χ4v) is 5.67. The lowest BCUT2D eigenvalue weighted by Gasteiger charge is -2.18. The summed E-state index contributed by atoms with van der Waals surface area (Å²) in [5, 5.41) is 22.5. The second-order valence-electron chi connectivity index (χ2n) is 13.7. The van der Waals surface area contributed by atoms with Gasteiger partial charge in [0.15, 0.2) is 0 Å². The molecule has 0 aromatic heterocycles. The van der Waals surface area contributed by atoms with E-state index in [1.54, 1.807) is 0 Å². The number of carboxylic acids is 1. The summed E-state index contributed by atoms with van der Waals surface area (Å²) in [6, 6.07) is -1.39. The Hall–Kier alpha value is -3.46. The molecule has 9 heteroatoms. The van der Waals surface area contributed by atoms with Gasteiger partial charge in [-0.1, -0.05) is 152 Å². The topological polar surface area (TPSA) is 142 Å². The molecule has 0 aliphatic heterocycles. The number of hydrogen-bond donors (Lipinski definition) is 4. The van der Waals surface area contributed by atoms with Crippen LogP contribution in [0.5, 0.6) is 0 Å². The molecule has 2 unspecified atom stereocenters. The van der Waals surface area contributed by atoms with E-state index in [1.165, 1.54) is 57.8 Å². The second-order valence-corrected chi connectivity index (χ2v) is 13.7. The van der Waals surface area contributed by atoms with Crippen LogP contribution in [0.15, 0.2) is 60.8 Å². The molecule has 0 aromatic carbocycles. The molecule has 0 spiro atoms. The van der Waals surface area contributed by atoms with Crippen molar-refractivity contribution >= 4 is 23.8 Å². The molecular formula is C44H74N2O7. The second kappa shape index (κ2) is 38.3. The number of hydrogen-bond acceptors (Lipinski definition) is 6. The quantitative estimate of drug-likeness (QED) is 0.0284. The van der Waals surface area contributed by atoms with E-state index in [0.29, 0.717) is 6.42 Å². The van der Waals surface area contributed by atoms with Gasteiger partial charge in [-0.3, -0.25) is 14.4 Å². The van der Waals surface area contributed by atoms with Gasteiger partial charge < -0.3 is 25.6 Å². The minimum atomic E-state index is -1.39. The number of aliphatic hydroxyl groups is 1. The van der Waals surface area contributed by atoms with Crippen molar-refractivity contribution in [1.29, 1.82) is 0 Å². The number of unbranched alkanes of at least 4 members (excludes halogenated alkanes) is 13. The Morgan fingerprint density at radius 2 is 1.04 bits per heavy atom. The monoisotopic (exact) mass is 743 g/mol. The SMILES string of the molecule is CC/C=C\C/C=C\C/C=C\C/C=C\C/C=C\CC(=O)OC(CCCCCCCCCCCC)CCCCCCCC(=O)NCC(=O)NC(CO)C(=O)O. The van der Waals surface area contributed by atoms with Gasteiger partial charge in [0.2, 0.25) is 11.8 Å². The molecule has 0 aliphatic rings. The molecule has 0 saturated heterocycles. The Morgan fingerprint density at radius 3 is 1.51 bits per heavy atom. The summed E-state index contributed by atoms with van der Waals surface area (Å²) in [5.74, 6) is -2.44. The molecular weight excluding hydrogens is 668 g/mol. The molecule has 302 valence electrons. The molecule has 0 fully saturated rings. The zero-order valence-corrected chi connectivity index (χ0v) is 33.2. The summed E-state index contributed by atoms with van der Waals surface area (Å²) in [4.78, 5) is 47.4. The Balaban J connectivity index is 4.44. The molecule has 4 N–H and O–H groups in total. The Kier molecular flexibility index (Phi) is 35.8. The van der Waals surface area contributed by atoms with Gasteiger partial charge in [0.05, 0.1) is 19.6 Å². The Bertz CT molecular complexity index is 1080. The first-order chi connectivity index (χ1) is 25.8. The number of amides is 2. The van der Waals surface area contributed by atoms with Gasteiger partial charge >= 0.3 is 11.9 Å². The van der Waals surface area contributed by atoms with E-state index in [2.05, 4.69) is 73.1 Å². The molecule has 2 atom stereocenters. The van der Waals surface area contributed by atoms with Gasteiger partial charge in [-0.15, -0.1) is 0 Å². The average Bonchev–Trinajstić information content (AvgIpc) is 3.14. The Labute approximate surface area is 321 Å². The molecule has 0 heterocycles. The molecule has 9 nitrogen and oxygen atoms in total. The van der Waals surface area contributed by atoms with E-state index < -0.39 is 24.5 Å². The number of carbonyl (C=O) groups excluding carboxylic acids is 3. The van der Waals surface area contributed by atoms with Crippen LogP contribution < -0.4 is 10.6 Å². The van der Waals surface area contributed by atoms with Crippen LogP contribution in [0.1, 0.15) is 168 Å². The number of carboxylic acid groups (broad SMARTS) is 1. The van der Waals surface area contributed by atoms with Crippen molar-refractivity contribution in [3.05, 3.63) is 60.8 Å². The van der Waals surface area contributed by atoms with E-state index in [0.717, 1.165) is 77.0 Å². The van der Waals surface area contributed by atoms with Crippen molar-refractivity contribution in [2.75, 3.05) is 13.2 Å². The van der Waals surface area contributed by atoms with Crippen LogP contribution in [0.4, 0.5) is 0 Å². The lowest BCUT2D eigenvalue weighted by Crippen LogP contribution is -2.47. The first kappa shape index (κ1) is 49.5. The maximum Gasteiger partial charge on any atom is 0.328 e. The lowest BCUT2D eigenvalue weighted by atomic mass is 10.0. The third-order valence-electron chi connectivity index (χ3n) is 8.81. The van der Waals surface area contributed by atoms with Gasteiger partial charge in [0.25, 0.3) is 0 Å². The maximum atomic E-state index is 12.7. The first-order valence-electron chi connectivity index (χ1n) is 20.7. The molecule has 53 heavy (non-hydrogen) atoms. The first-order valence-corrected chi connectivity index (χ1v) is 20.7. The lowest BCUT2D eigenvalue weighted by molar-refractivity contribution is -0.148. The average molecular weight is 743 g/mol. The summed E-state index contributed by atoms with van der Waals surface area (Å²) < 4.78 is 5.94. The van der Waals surface area contributed by atoms with Crippen molar-refractivity contribution in [2.24, 2.45) is 0 Å². The minimum Gasteiger partial charge on any atom is -0.480 e. The molecule has 0 radical (unpaired) electrons. The number of rotatable bonds is 36. The highest BCUT2D eigenvalue weighted by Gasteiger charge is 2.19. The van der Waals surface area contributed by atoms with Crippen LogP contribution in [-0.2, 0) is 23.9 Å². The molecule has 0 bridgehead atoms. The molecule has 0 saturated carbocycles. The number of esters is 1. The zero-order chi connectivity index (χ0) is 39.0. The van der Waals surface area contributed by atoms with Gasteiger partial charge in [0, 0.05) is 6.42 Å². The van der Waals surface area contributed by atoms with Crippen LogP contribution in [0.2, 0.25) is 0 Å². The van der Waals surface area contributed by atoms with Gasteiger partial charge in [0.1, 0.15) is 12.1 Å². The number of ether oxygens (including phenoxy) is 1. The number of aliphatic carboxylic acids is 1. The molecule has 2 amide bonds. The maximum absolute atomic E-state index is 12.7. The van der Waals surface area contributed by atoms with Crippen molar-refractivity contribution < 1.29 is 34.1 Å². The Morgan fingerprint density at radius 1 is 0.585 bits per heavy atom. The highest BCUT2D eigenvalue weighted by molar-refractivity contribution is 5.87. The van der Waals surface area contributed by atoms with Crippen LogP contribution in [0.3, 0.4) is 0 Å². The zero-order valence-electron chi connectivity index (χ0n) is 33.2. The number of aliphatic hydroxyl groups excluding tert-OH is 1. The largest absolute Gasteiger partial charge is 0.480 e. The fourth-order valence-electron chi connectivity index (χ4n) is 5.67. The van der Waals surface area contributed by atoms with Crippen molar-refractivity contribution in [1.82, 2.24) is 10.6 Å². The fraction of sp³-hybridized carbons (Fsp3) is 0.682. The van der Waals surface area contributed by atoms with Gasteiger partial charge in [-0.05, 0) is 64.2 Å². The molecule has 0 aliphatic carbocycles. The molecule has 0 aromatic rings. The highest BCUT2D eigenvalue weighted by Crippen LogP contribution is 2.18. The van der Waals surface area contributed by atoms with Crippen LogP contribution >= 0.6 is 0 Å². The van der Waals surface area contributed by atoms with Crippen LogP contribution in [-0.4, -0.2) is 59.3 Å². The van der Waals surface area contributed by atoms with E-state index >= 15 is 0 Å². The predicted octanol–water partition coefficient (Wildman–Crippen LogP) is 9.76. The smallest absolute Gasteiger partial charge is 0.328 e. The summed E-state index contributed by atoms with van der Waals surface area (Å²) in [6.45, 7) is 3.34. The highest BCUT2D eigenvalue weighted by atomic mass is 16.5. The van der Waals surface area contributed by atoms with E-state index in [4.69, 9.17) is 14.9 Å². The third-order valence-corrected chi connectivity index (χ3v) is 8.81. The third kappa shape index (κ3) is 35.3. The number of nitrogens with one attached hydrogen (secondary N) is 2. The van der Waals surface area contributed by atoms with E-state index in [1.807, 2.05) is 12.2 Å². The van der Waals surface area contributed by atoms with E-state index in [9.17, 15) is 19.2 Å². The van der Waals surface area contributed by atoms with Crippen molar-refractivity contribution in [3.63, 3.8) is 0 Å². The van der Waals surface area contributed by atoms with Gasteiger partial charge in [-0.25, -0.2) is 4.79 Å². The van der Waals surface area contributed by atoms with Crippen molar-refractivity contribution in [3.8, 4) is 0 Å². The standard InChI is InChI=1S/C44H74N2O7/c1-3-5-7-9-11-13-15-16-17-18-19-21-23-28-32-36-43(50)53-39(33-29-25-22-20-14-12-10-8-6-4-2)34-30-26-24-27-31-35-41(48)45-37-42(49)46-40(38-47)44(51)52/h5,7,11,13,16-17,19,21,28,32,39-40,47H,3-4,6,8-10,12,14-15,18,20,22-27,29-31,33-38H2,1-2H3,(H,45,48)(H,46,49)(H,51,52)/b7-5-,13-11-,17-16-,21-19-,32-28-. The summed E-state index contributed by atoms with van der Waals surface area (Å²) >= 11 is 0. The number of carbonyl (C=O) groups is 4. The van der Waals surface area contributed by atoms with E-state index in [-0.39, 0.29) is 37.4 Å². The van der Waals surface area contributed by atoms with Gasteiger partial charge in [-0.2, -0.15) is 0 Å². The summed E-state index contributed by atoms with van der Waals surface area (Å²) in [7, 11) is 0. The summed E-state index contributed by atoms with van der Waals surface area (Å²) in [5.41, 5.74) is 0. The predicted molar refractivity (Wildman–Crippen MR) is 217 cm³/mol. The normalized spacial score (nSPS) is 13.1. The minimum absolute atomic E-state index is 0.0669. The summed E-state index contributed by atoms with van der Waals surface area (Å²) in [6.07, 6.45) is 45.4. The van der Waals surface area contributed by atoms with Crippen molar-refractivity contribution in [2.45, 2.75) is 180 Å².